The first-order chi connectivity index (χ1) is 7.70. The van der Waals surface area contributed by atoms with Crippen molar-refractivity contribution in [1.29, 1.82) is 5.26 Å². The molecule has 1 N–H and O–H groups in total. The molecule has 1 aromatic carbocycles. The van der Waals surface area contributed by atoms with Crippen LogP contribution in [0.25, 0.3) is 0 Å². The Hall–Kier alpha value is -1.33. The lowest BCUT2D eigenvalue weighted by atomic mass is 10.1. The molecule has 0 aliphatic heterocycles. The van der Waals surface area contributed by atoms with E-state index in [4.69, 9.17) is 5.26 Å². The maximum Gasteiger partial charge on any atom is 0.0991 e. The van der Waals surface area contributed by atoms with Crippen LogP contribution in [0.5, 0.6) is 0 Å². The summed E-state index contributed by atoms with van der Waals surface area (Å²) in [5.74, 6) is 1.80. The van der Waals surface area contributed by atoms with E-state index in [1.807, 2.05) is 12.1 Å². The lowest BCUT2D eigenvalue weighted by molar-refractivity contribution is 0.611. The summed E-state index contributed by atoms with van der Waals surface area (Å²) in [6.07, 6.45) is 1.37. The molecule has 0 saturated heterocycles. The molecule has 0 bridgehead atoms. The van der Waals surface area contributed by atoms with Crippen molar-refractivity contribution < 1.29 is 0 Å². The highest BCUT2D eigenvalue weighted by atomic mass is 14.9. The molecule has 0 spiro atoms. The summed E-state index contributed by atoms with van der Waals surface area (Å²) in [4.78, 5) is 0. The van der Waals surface area contributed by atoms with Gasteiger partial charge in [0, 0.05) is 6.54 Å². The van der Waals surface area contributed by atoms with Gasteiger partial charge >= 0.3 is 0 Å². The molecule has 2 rings (SSSR count). The third kappa shape index (κ3) is 2.62. The molecule has 1 saturated carbocycles. The van der Waals surface area contributed by atoms with Crippen LogP contribution in [0.3, 0.4) is 0 Å². The smallest absolute Gasteiger partial charge is 0.0991 e. The number of benzene rings is 1. The number of nitriles is 1. The Kier molecular flexibility index (Phi) is 3.26. The van der Waals surface area contributed by atoms with E-state index in [-0.39, 0.29) is 0 Å². The molecule has 0 aromatic heterocycles. The second-order valence-corrected chi connectivity index (χ2v) is 4.86. The minimum atomic E-state index is 0.747. The zero-order chi connectivity index (χ0) is 11.5. The Morgan fingerprint density at radius 3 is 2.81 bits per heavy atom. The molecule has 2 nitrogen and oxygen atoms in total. The second-order valence-electron chi connectivity index (χ2n) is 4.86. The van der Waals surface area contributed by atoms with Gasteiger partial charge in [-0.15, -0.1) is 0 Å². The summed E-state index contributed by atoms with van der Waals surface area (Å²) in [6.45, 7) is 6.41. The maximum absolute atomic E-state index is 8.77. The van der Waals surface area contributed by atoms with Gasteiger partial charge in [-0.25, -0.2) is 0 Å². The van der Waals surface area contributed by atoms with Crippen molar-refractivity contribution in [3.63, 3.8) is 0 Å². The fraction of sp³-hybridized carbons (Fsp3) is 0.500. The number of nitrogens with one attached hydrogen (secondary N) is 1. The zero-order valence-electron chi connectivity index (χ0n) is 9.96. The standard InChI is InChI=1S/C14H18N2/c1-10-5-12(7-15)3-4-13(10)8-16-9-14-6-11(14)2/h3-5,11,14,16H,6,8-9H2,1-2H3. The zero-order valence-corrected chi connectivity index (χ0v) is 9.96. The molecular weight excluding hydrogens is 196 g/mol. The van der Waals surface area contributed by atoms with E-state index in [0.29, 0.717) is 0 Å². The van der Waals surface area contributed by atoms with Crippen LogP contribution in [0.1, 0.15) is 30.0 Å². The van der Waals surface area contributed by atoms with Gasteiger partial charge in [-0.3, -0.25) is 0 Å². The molecule has 2 heteroatoms. The Balaban J connectivity index is 1.87. The van der Waals surface area contributed by atoms with Crippen LogP contribution in [-0.2, 0) is 6.54 Å². The van der Waals surface area contributed by atoms with Crippen LogP contribution in [-0.4, -0.2) is 6.54 Å². The SMILES string of the molecule is Cc1cc(C#N)ccc1CNCC1CC1C. The van der Waals surface area contributed by atoms with E-state index in [2.05, 4.69) is 31.3 Å². The van der Waals surface area contributed by atoms with Gasteiger partial charge in [0.15, 0.2) is 0 Å². The first-order valence-electron chi connectivity index (χ1n) is 5.91. The van der Waals surface area contributed by atoms with Crippen molar-refractivity contribution in [3.8, 4) is 6.07 Å². The Labute approximate surface area is 97.3 Å². The summed E-state index contributed by atoms with van der Waals surface area (Å²) >= 11 is 0. The van der Waals surface area contributed by atoms with Crippen LogP contribution < -0.4 is 5.32 Å². The lowest BCUT2D eigenvalue weighted by Crippen LogP contribution is -2.17. The molecule has 2 atom stereocenters. The molecule has 1 aromatic rings. The van der Waals surface area contributed by atoms with Crippen LogP contribution >= 0.6 is 0 Å². The molecule has 1 aliphatic rings. The highest BCUT2D eigenvalue weighted by Crippen LogP contribution is 2.36. The Morgan fingerprint density at radius 1 is 1.50 bits per heavy atom. The summed E-state index contributed by atoms with van der Waals surface area (Å²) < 4.78 is 0. The Bertz CT molecular complexity index is 417. The average molecular weight is 214 g/mol. The average Bonchev–Trinajstić information content (AvgIpc) is 2.97. The Morgan fingerprint density at radius 2 is 2.25 bits per heavy atom. The second kappa shape index (κ2) is 4.67. The molecular formula is C14H18N2. The van der Waals surface area contributed by atoms with Crippen molar-refractivity contribution in [2.75, 3.05) is 6.54 Å². The van der Waals surface area contributed by atoms with Crippen LogP contribution in [0.2, 0.25) is 0 Å². The van der Waals surface area contributed by atoms with E-state index >= 15 is 0 Å². The van der Waals surface area contributed by atoms with Gasteiger partial charge in [0.1, 0.15) is 0 Å². The summed E-state index contributed by atoms with van der Waals surface area (Å²) in [7, 11) is 0. The van der Waals surface area contributed by atoms with Gasteiger partial charge in [0.2, 0.25) is 0 Å². The summed E-state index contributed by atoms with van der Waals surface area (Å²) in [5.41, 5.74) is 3.25. The molecule has 84 valence electrons. The molecule has 2 unspecified atom stereocenters. The van der Waals surface area contributed by atoms with Crippen molar-refractivity contribution >= 4 is 0 Å². The molecule has 16 heavy (non-hydrogen) atoms. The number of aryl methyl sites for hydroxylation is 1. The van der Waals surface area contributed by atoms with E-state index in [1.165, 1.54) is 17.5 Å². The third-order valence-corrected chi connectivity index (χ3v) is 3.47. The van der Waals surface area contributed by atoms with Gasteiger partial charge < -0.3 is 5.32 Å². The fourth-order valence-electron chi connectivity index (χ4n) is 2.04. The van der Waals surface area contributed by atoms with Gasteiger partial charge in [0.05, 0.1) is 11.6 Å². The van der Waals surface area contributed by atoms with Gasteiger partial charge in [-0.2, -0.15) is 5.26 Å². The number of hydrogen-bond acceptors (Lipinski definition) is 2. The van der Waals surface area contributed by atoms with E-state index in [0.717, 1.165) is 30.5 Å². The van der Waals surface area contributed by atoms with Gasteiger partial charge in [-0.05, 0) is 55.0 Å². The van der Waals surface area contributed by atoms with Crippen LogP contribution in [0.15, 0.2) is 18.2 Å². The number of rotatable bonds is 4. The predicted molar refractivity (Wildman–Crippen MR) is 64.9 cm³/mol. The highest BCUT2D eigenvalue weighted by Gasteiger charge is 2.31. The minimum absolute atomic E-state index is 0.747. The normalized spacial score (nSPS) is 22.8. The van der Waals surface area contributed by atoms with Crippen LogP contribution in [0, 0.1) is 30.1 Å². The molecule has 1 fully saturated rings. The number of hydrogen-bond donors (Lipinski definition) is 1. The molecule has 1 aliphatic carbocycles. The van der Waals surface area contributed by atoms with E-state index in [9.17, 15) is 0 Å². The molecule has 0 radical (unpaired) electrons. The molecule has 0 amide bonds. The first kappa shape index (κ1) is 11.2. The fourth-order valence-corrected chi connectivity index (χ4v) is 2.04. The van der Waals surface area contributed by atoms with Gasteiger partial charge in [0.25, 0.3) is 0 Å². The van der Waals surface area contributed by atoms with Crippen molar-refractivity contribution in [2.45, 2.75) is 26.8 Å². The van der Waals surface area contributed by atoms with Crippen LogP contribution in [0.4, 0.5) is 0 Å². The van der Waals surface area contributed by atoms with Crippen molar-refractivity contribution in [1.82, 2.24) is 5.32 Å². The topological polar surface area (TPSA) is 35.8 Å². The first-order valence-corrected chi connectivity index (χ1v) is 5.91. The monoisotopic (exact) mass is 214 g/mol. The highest BCUT2D eigenvalue weighted by molar-refractivity contribution is 5.37. The van der Waals surface area contributed by atoms with E-state index in [1.54, 1.807) is 0 Å². The quantitative estimate of drug-likeness (QED) is 0.836. The summed E-state index contributed by atoms with van der Waals surface area (Å²) in [6, 6.07) is 8.07. The molecule has 0 heterocycles. The van der Waals surface area contributed by atoms with Gasteiger partial charge in [-0.1, -0.05) is 13.0 Å². The van der Waals surface area contributed by atoms with E-state index < -0.39 is 0 Å². The largest absolute Gasteiger partial charge is 0.312 e. The lowest BCUT2D eigenvalue weighted by Gasteiger charge is -2.07. The maximum atomic E-state index is 8.77. The summed E-state index contributed by atoms with van der Waals surface area (Å²) in [5, 5.41) is 12.3. The van der Waals surface area contributed by atoms with Crippen molar-refractivity contribution in [2.24, 2.45) is 11.8 Å². The minimum Gasteiger partial charge on any atom is -0.312 e. The third-order valence-electron chi connectivity index (χ3n) is 3.47. The van der Waals surface area contributed by atoms with Crippen molar-refractivity contribution in [3.05, 3.63) is 34.9 Å². The predicted octanol–water partition coefficient (Wildman–Crippen LogP) is 2.61. The number of nitrogens with zero attached hydrogens (tertiary/aromatic N) is 1.